The predicted molar refractivity (Wildman–Crippen MR) is 125 cm³/mol. The maximum absolute atomic E-state index is 13.2. The summed E-state index contributed by atoms with van der Waals surface area (Å²) < 4.78 is 0. The van der Waals surface area contributed by atoms with Gasteiger partial charge in [0.05, 0.1) is 0 Å². The van der Waals surface area contributed by atoms with Gasteiger partial charge in [0.1, 0.15) is 12.1 Å². The lowest BCUT2D eigenvalue weighted by molar-refractivity contribution is -0.133. The van der Waals surface area contributed by atoms with E-state index < -0.39 is 23.4 Å². The molecule has 1 heterocycles. The van der Waals surface area contributed by atoms with E-state index in [1.807, 2.05) is 66.7 Å². The van der Waals surface area contributed by atoms with Gasteiger partial charge in [-0.2, -0.15) is 0 Å². The standard InChI is InChI=1S/C26H27N3O3/c1-4-17(2)18-10-13-22(14-11-18)27-23(30)16-29-24(31)26(3,28-25(29)32)21-12-9-19-7-5-6-8-20(19)15-21/h5-15,17H,4,16H2,1-3H3,(H,27,30)(H,28,32). The lowest BCUT2D eigenvalue weighted by atomic mass is 9.90. The van der Waals surface area contributed by atoms with E-state index in [0.717, 1.165) is 22.1 Å². The summed E-state index contributed by atoms with van der Waals surface area (Å²) in [6, 6.07) is 20.5. The predicted octanol–water partition coefficient (Wildman–Crippen LogP) is 4.76. The number of benzene rings is 3. The summed E-state index contributed by atoms with van der Waals surface area (Å²) in [6.45, 7) is 5.60. The molecule has 0 bridgehead atoms. The summed E-state index contributed by atoms with van der Waals surface area (Å²) in [6.07, 6.45) is 1.04. The van der Waals surface area contributed by atoms with Gasteiger partial charge in [-0.05, 0) is 59.4 Å². The average molecular weight is 430 g/mol. The maximum atomic E-state index is 13.2. The third-order valence-corrected chi connectivity index (χ3v) is 6.28. The molecule has 0 saturated carbocycles. The highest BCUT2D eigenvalue weighted by molar-refractivity contribution is 6.10. The van der Waals surface area contributed by atoms with Gasteiger partial charge in [0.2, 0.25) is 5.91 Å². The van der Waals surface area contributed by atoms with Crippen LogP contribution in [0.25, 0.3) is 10.8 Å². The van der Waals surface area contributed by atoms with Crippen LogP contribution in [0.1, 0.15) is 44.2 Å². The molecule has 32 heavy (non-hydrogen) atoms. The molecule has 1 aliphatic rings. The van der Waals surface area contributed by atoms with Crippen LogP contribution in [-0.4, -0.2) is 29.3 Å². The zero-order valence-corrected chi connectivity index (χ0v) is 18.5. The van der Waals surface area contributed by atoms with Crippen LogP contribution in [0, 0.1) is 0 Å². The molecule has 6 heteroatoms. The van der Waals surface area contributed by atoms with Crippen molar-refractivity contribution >= 4 is 34.3 Å². The van der Waals surface area contributed by atoms with Crippen molar-refractivity contribution in [1.82, 2.24) is 10.2 Å². The Balaban J connectivity index is 1.48. The monoisotopic (exact) mass is 429 g/mol. The van der Waals surface area contributed by atoms with E-state index in [1.54, 1.807) is 6.92 Å². The lowest BCUT2D eigenvalue weighted by Crippen LogP contribution is -2.42. The Bertz CT molecular complexity index is 1190. The Kier molecular flexibility index (Phi) is 5.70. The minimum Gasteiger partial charge on any atom is -0.325 e. The van der Waals surface area contributed by atoms with Crippen LogP contribution in [-0.2, 0) is 15.1 Å². The molecule has 6 nitrogen and oxygen atoms in total. The first-order chi connectivity index (χ1) is 15.3. The average Bonchev–Trinajstić information content (AvgIpc) is 3.02. The van der Waals surface area contributed by atoms with E-state index >= 15 is 0 Å². The minimum atomic E-state index is -1.22. The number of nitrogens with one attached hydrogen (secondary N) is 2. The molecule has 4 rings (SSSR count). The van der Waals surface area contributed by atoms with Gasteiger partial charge in [-0.1, -0.05) is 62.4 Å². The number of hydrogen-bond acceptors (Lipinski definition) is 3. The second-order valence-electron chi connectivity index (χ2n) is 8.49. The molecule has 2 unspecified atom stereocenters. The normalized spacial score (nSPS) is 19.2. The molecule has 3 aromatic rings. The zero-order chi connectivity index (χ0) is 22.9. The molecule has 0 radical (unpaired) electrons. The Morgan fingerprint density at radius 1 is 1.03 bits per heavy atom. The van der Waals surface area contributed by atoms with Gasteiger partial charge in [0.25, 0.3) is 5.91 Å². The van der Waals surface area contributed by atoms with E-state index in [2.05, 4.69) is 24.5 Å². The second-order valence-corrected chi connectivity index (χ2v) is 8.49. The molecule has 3 aromatic carbocycles. The van der Waals surface area contributed by atoms with E-state index in [4.69, 9.17) is 0 Å². The molecule has 2 atom stereocenters. The fourth-order valence-electron chi connectivity index (χ4n) is 4.01. The Labute approximate surface area is 187 Å². The lowest BCUT2D eigenvalue weighted by Gasteiger charge is -2.22. The molecular weight excluding hydrogens is 402 g/mol. The fourth-order valence-corrected chi connectivity index (χ4v) is 4.01. The number of urea groups is 1. The van der Waals surface area contributed by atoms with Crippen LogP contribution in [0.4, 0.5) is 10.5 Å². The number of carbonyl (C=O) groups is 3. The van der Waals surface area contributed by atoms with Crippen molar-refractivity contribution in [3.63, 3.8) is 0 Å². The fraction of sp³-hybridized carbons (Fsp3) is 0.269. The molecule has 1 fully saturated rings. The highest BCUT2D eigenvalue weighted by Gasteiger charge is 2.49. The first-order valence-electron chi connectivity index (χ1n) is 10.8. The number of rotatable bonds is 6. The molecule has 2 N–H and O–H groups in total. The molecule has 0 aromatic heterocycles. The third kappa shape index (κ3) is 3.96. The van der Waals surface area contributed by atoms with Gasteiger partial charge in [0, 0.05) is 5.69 Å². The topological polar surface area (TPSA) is 78.5 Å². The van der Waals surface area contributed by atoms with Crippen molar-refractivity contribution in [2.24, 2.45) is 0 Å². The van der Waals surface area contributed by atoms with Crippen LogP contribution in [0.2, 0.25) is 0 Å². The molecule has 1 saturated heterocycles. The third-order valence-electron chi connectivity index (χ3n) is 6.28. The number of nitrogens with zero attached hydrogens (tertiary/aromatic N) is 1. The molecule has 164 valence electrons. The van der Waals surface area contributed by atoms with Crippen LogP contribution in [0.15, 0.2) is 66.7 Å². The number of anilines is 1. The Morgan fingerprint density at radius 3 is 2.41 bits per heavy atom. The second kappa shape index (κ2) is 8.46. The van der Waals surface area contributed by atoms with Gasteiger partial charge in [-0.3, -0.25) is 14.5 Å². The van der Waals surface area contributed by atoms with E-state index in [-0.39, 0.29) is 6.54 Å². The largest absolute Gasteiger partial charge is 0.325 e. The smallest absolute Gasteiger partial charge is 0.325 e. The summed E-state index contributed by atoms with van der Waals surface area (Å²) in [7, 11) is 0. The summed E-state index contributed by atoms with van der Waals surface area (Å²) in [5, 5.41) is 7.56. The number of hydrogen-bond donors (Lipinski definition) is 2. The van der Waals surface area contributed by atoms with E-state index in [0.29, 0.717) is 17.2 Å². The molecule has 0 aliphatic carbocycles. The quantitative estimate of drug-likeness (QED) is 0.555. The van der Waals surface area contributed by atoms with Gasteiger partial charge < -0.3 is 10.6 Å². The van der Waals surface area contributed by atoms with E-state index in [9.17, 15) is 14.4 Å². The van der Waals surface area contributed by atoms with Crippen molar-refractivity contribution in [3.05, 3.63) is 77.9 Å². The Hall–Kier alpha value is -3.67. The van der Waals surface area contributed by atoms with Gasteiger partial charge in [-0.15, -0.1) is 0 Å². The Morgan fingerprint density at radius 2 is 1.72 bits per heavy atom. The first-order valence-corrected chi connectivity index (χ1v) is 10.8. The SMILES string of the molecule is CCC(C)c1ccc(NC(=O)CN2C(=O)NC(C)(c3ccc4ccccc4c3)C2=O)cc1. The van der Waals surface area contributed by atoms with Gasteiger partial charge >= 0.3 is 6.03 Å². The summed E-state index contributed by atoms with van der Waals surface area (Å²) in [5.74, 6) is -0.425. The van der Waals surface area contributed by atoms with E-state index in [1.165, 1.54) is 5.56 Å². The molecule has 0 spiro atoms. The molecule has 4 amide bonds. The number of carbonyl (C=O) groups excluding carboxylic acids is 3. The van der Waals surface area contributed by atoms with Gasteiger partial charge in [-0.25, -0.2) is 4.79 Å². The van der Waals surface area contributed by atoms with Crippen molar-refractivity contribution in [3.8, 4) is 0 Å². The first kappa shape index (κ1) is 21.6. The van der Waals surface area contributed by atoms with Gasteiger partial charge in [0.15, 0.2) is 0 Å². The van der Waals surface area contributed by atoms with Crippen molar-refractivity contribution in [1.29, 1.82) is 0 Å². The van der Waals surface area contributed by atoms with Crippen LogP contribution in [0.5, 0.6) is 0 Å². The number of imide groups is 1. The summed E-state index contributed by atoms with van der Waals surface area (Å²) >= 11 is 0. The maximum Gasteiger partial charge on any atom is 0.325 e. The highest BCUT2D eigenvalue weighted by Crippen LogP contribution is 2.31. The van der Waals surface area contributed by atoms with Crippen LogP contribution in [0.3, 0.4) is 0 Å². The molecule has 1 aliphatic heterocycles. The number of amides is 4. The van der Waals surface area contributed by atoms with Crippen LogP contribution >= 0.6 is 0 Å². The highest BCUT2D eigenvalue weighted by atomic mass is 16.2. The zero-order valence-electron chi connectivity index (χ0n) is 18.5. The van der Waals surface area contributed by atoms with Crippen molar-refractivity contribution in [2.45, 2.75) is 38.6 Å². The number of fused-ring (bicyclic) bond motifs is 1. The van der Waals surface area contributed by atoms with Crippen molar-refractivity contribution in [2.75, 3.05) is 11.9 Å². The summed E-state index contributed by atoms with van der Waals surface area (Å²) in [4.78, 5) is 39.3. The minimum absolute atomic E-state index is 0.346. The van der Waals surface area contributed by atoms with Crippen molar-refractivity contribution < 1.29 is 14.4 Å². The summed E-state index contributed by atoms with van der Waals surface area (Å²) in [5.41, 5.74) is 1.29. The molecular formula is C26H27N3O3. The van der Waals surface area contributed by atoms with Crippen LogP contribution < -0.4 is 10.6 Å².